The van der Waals surface area contributed by atoms with Gasteiger partial charge in [-0.2, -0.15) is 17.6 Å². The highest BCUT2D eigenvalue weighted by molar-refractivity contribution is 5.96. The zero-order valence-corrected chi connectivity index (χ0v) is 17.7. The molecule has 178 valence electrons. The first kappa shape index (κ1) is 24.4. The van der Waals surface area contributed by atoms with E-state index in [0.29, 0.717) is 0 Å². The molecule has 33 heavy (non-hydrogen) atoms. The molecule has 0 saturated carbocycles. The Hall–Kier alpha value is -3.28. The first-order chi connectivity index (χ1) is 15.3. The third-order valence-electron chi connectivity index (χ3n) is 5.82. The number of nitrogens with one attached hydrogen (secondary N) is 1. The smallest absolute Gasteiger partial charge is 0.417 e. The van der Waals surface area contributed by atoms with E-state index in [1.807, 2.05) is 0 Å². The number of hydrogen-bond donors (Lipinski definition) is 2. The summed E-state index contributed by atoms with van der Waals surface area (Å²) in [5.41, 5.74) is 2.00. The second-order valence-corrected chi connectivity index (χ2v) is 7.70. The van der Waals surface area contributed by atoms with E-state index >= 15 is 0 Å². The molecule has 3 rings (SSSR count). The summed E-state index contributed by atoms with van der Waals surface area (Å²) < 4.78 is 80.0. The van der Waals surface area contributed by atoms with Gasteiger partial charge in [0.15, 0.2) is 17.2 Å². The van der Waals surface area contributed by atoms with E-state index in [2.05, 4.69) is 10.3 Å². The molecule has 1 aliphatic heterocycles. The van der Waals surface area contributed by atoms with Crippen LogP contribution in [0.5, 0.6) is 5.75 Å². The molecule has 12 heteroatoms. The number of anilines is 1. The van der Waals surface area contributed by atoms with Gasteiger partial charge in [0.2, 0.25) is 5.82 Å². The van der Waals surface area contributed by atoms with Gasteiger partial charge in [-0.15, -0.1) is 0 Å². The molecular weight excluding hydrogens is 453 g/mol. The van der Waals surface area contributed by atoms with Gasteiger partial charge in [-0.25, -0.2) is 9.37 Å². The summed E-state index contributed by atoms with van der Waals surface area (Å²) in [6.07, 6.45) is -6.68. The van der Waals surface area contributed by atoms with Crippen molar-refractivity contribution in [1.29, 1.82) is 0 Å². The van der Waals surface area contributed by atoms with Crippen LogP contribution in [0.1, 0.15) is 35.8 Å². The average molecular weight is 473 g/mol. The Bertz CT molecular complexity index is 1090. The summed E-state index contributed by atoms with van der Waals surface area (Å²) >= 11 is 0. The van der Waals surface area contributed by atoms with Crippen LogP contribution in [-0.2, 0) is 9.53 Å². The lowest BCUT2D eigenvalue weighted by Crippen LogP contribution is -2.47. The lowest BCUT2D eigenvalue weighted by atomic mass is 9.77. The van der Waals surface area contributed by atoms with Crippen LogP contribution in [0.2, 0.25) is 0 Å². The number of nitrogens with zero attached hydrogens (tertiary/aromatic N) is 1. The molecular formula is C21H20F5N3O4. The third-order valence-corrected chi connectivity index (χ3v) is 5.82. The molecule has 2 heterocycles. The highest BCUT2D eigenvalue weighted by Crippen LogP contribution is 2.54. The molecule has 0 radical (unpaired) electrons. The average Bonchev–Trinajstić information content (AvgIpc) is 3.02. The summed E-state index contributed by atoms with van der Waals surface area (Å²) in [5.74, 6) is -8.17. The number of methoxy groups -OCH3 is 1. The molecule has 0 aliphatic carbocycles. The van der Waals surface area contributed by atoms with Crippen LogP contribution in [-0.4, -0.2) is 41.8 Å². The normalized spacial score (nSPS) is 25.0. The fraction of sp³-hybridized carbons (Fsp3) is 0.381. The van der Waals surface area contributed by atoms with Gasteiger partial charge in [0.25, 0.3) is 11.8 Å². The third kappa shape index (κ3) is 4.22. The predicted octanol–water partition coefficient (Wildman–Crippen LogP) is 3.55. The molecule has 0 unspecified atom stereocenters. The molecule has 1 aliphatic rings. The zero-order valence-electron chi connectivity index (χ0n) is 17.7. The van der Waals surface area contributed by atoms with Crippen molar-refractivity contribution in [2.24, 2.45) is 11.7 Å². The summed E-state index contributed by atoms with van der Waals surface area (Å²) in [6.45, 7) is 1.97. The van der Waals surface area contributed by atoms with Gasteiger partial charge in [0.05, 0.1) is 7.11 Å². The van der Waals surface area contributed by atoms with Gasteiger partial charge in [-0.1, -0.05) is 19.1 Å². The van der Waals surface area contributed by atoms with E-state index in [9.17, 15) is 31.5 Å². The molecule has 4 atom stereocenters. The van der Waals surface area contributed by atoms with Crippen molar-refractivity contribution in [3.05, 3.63) is 53.2 Å². The Morgan fingerprint density at radius 2 is 1.88 bits per heavy atom. The number of pyridine rings is 1. The van der Waals surface area contributed by atoms with E-state index in [1.165, 1.54) is 25.1 Å². The number of alkyl halides is 3. The minimum Gasteiger partial charge on any atom is -0.493 e. The van der Waals surface area contributed by atoms with Crippen molar-refractivity contribution in [3.8, 4) is 5.75 Å². The number of halogens is 5. The van der Waals surface area contributed by atoms with E-state index in [4.69, 9.17) is 15.2 Å². The highest BCUT2D eigenvalue weighted by atomic mass is 19.4. The Morgan fingerprint density at radius 1 is 1.21 bits per heavy atom. The fourth-order valence-corrected chi connectivity index (χ4v) is 3.88. The summed E-state index contributed by atoms with van der Waals surface area (Å²) in [7, 11) is 1.03. The van der Waals surface area contributed by atoms with Crippen LogP contribution in [0, 0.1) is 17.6 Å². The topological polar surface area (TPSA) is 104 Å². The number of carbonyl (C=O) groups excluding carboxylic acids is 2. The van der Waals surface area contributed by atoms with Crippen LogP contribution < -0.4 is 15.8 Å². The molecule has 0 bridgehead atoms. The van der Waals surface area contributed by atoms with Gasteiger partial charge >= 0.3 is 6.18 Å². The van der Waals surface area contributed by atoms with Crippen LogP contribution in [0.4, 0.5) is 27.8 Å². The second kappa shape index (κ2) is 8.58. The Labute approximate surface area is 185 Å². The SMILES string of the molecule is COc1c([C@@H]2[C@H](C(=O)Nc3cccc(C(N)=O)n3)O[C@](C)(C(F)(F)F)[C@H]2C)ccc(F)c1F. The molecule has 0 spiro atoms. The number of rotatable bonds is 5. The molecule has 2 amide bonds. The van der Waals surface area contributed by atoms with Gasteiger partial charge in [-0.3, -0.25) is 9.59 Å². The van der Waals surface area contributed by atoms with Crippen molar-refractivity contribution in [2.75, 3.05) is 12.4 Å². The highest BCUT2D eigenvalue weighted by Gasteiger charge is 2.65. The van der Waals surface area contributed by atoms with Crippen LogP contribution >= 0.6 is 0 Å². The number of benzene rings is 1. The quantitative estimate of drug-likeness (QED) is 0.647. The predicted molar refractivity (Wildman–Crippen MR) is 106 cm³/mol. The maximum absolute atomic E-state index is 14.3. The van der Waals surface area contributed by atoms with Crippen molar-refractivity contribution < 1.29 is 41.0 Å². The number of primary amides is 1. The molecule has 3 N–H and O–H groups in total. The summed E-state index contributed by atoms with van der Waals surface area (Å²) in [4.78, 5) is 28.2. The molecule has 1 aromatic carbocycles. The number of hydrogen-bond acceptors (Lipinski definition) is 5. The zero-order chi connectivity index (χ0) is 24.7. The first-order valence-corrected chi connectivity index (χ1v) is 9.66. The number of amides is 2. The standard InChI is InChI=1S/C21H20F5N3O4/c1-9-14(10-7-8-11(22)15(23)16(10)32-3)17(33-20(9,2)21(24,25)26)19(31)29-13-6-4-5-12(28-13)18(27)30/h4-9,14,17H,1-3H3,(H2,27,30)(H,28,29,31)/t9-,14+,17+,20-/m0/s1. The summed E-state index contributed by atoms with van der Waals surface area (Å²) in [6, 6.07) is 5.71. The number of carbonyl (C=O) groups is 2. The van der Waals surface area contributed by atoms with Gasteiger partial charge < -0.3 is 20.5 Å². The molecule has 1 aromatic heterocycles. The van der Waals surface area contributed by atoms with Crippen molar-refractivity contribution in [2.45, 2.75) is 37.6 Å². The first-order valence-electron chi connectivity index (χ1n) is 9.66. The Kier molecular flexibility index (Phi) is 6.33. The van der Waals surface area contributed by atoms with E-state index in [1.54, 1.807) is 0 Å². The molecule has 7 nitrogen and oxygen atoms in total. The van der Waals surface area contributed by atoms with E-state index < -0.39 is 58.9 Å². The maximum Gasteiger partial charge on any atom is 0.417 e. The maximum atomic E-state index is 14.3. The van der Waals surface area contributed by atoms with Crippen molar-refractivity contribution in [1.82, 2.24) is 4.98 Å². The van der Waals surface area contributed by atoms with Gasteiger partial charge in [0.1, 0.15) is 17.6 Å². The largest absolute Gasteiger partial charge is 0.493 e. The Balaban J connectivity index is 2.07. The lowest BCUT2D eigenvalue weighted by Gasteiger charge is -2.32. The number of ether oxygens (including phenoxy) is 2. The van der Waals surface area contributed by atoms with Crippen molar-refractivity contribution >= 4 is 17.6 Å². The van der Waals surface area contributed by atoms with E-state index in [-0.39, 0.29) is 17.1 Å². The van der Waals surface area contributed by atoms with Gasteiger partial charge in [-0.05, 0) is 25.1 Å². The van der Waals surface area contributed by atoms with Crippen LogP contribution in [0.3, 0.4) is 0 Å². The number of nitrogens with two attached hydrogens (primary N) is 1. The lowest BCUT2D eigenvalue weighted by molar-refractivity contribution is -0.272. The molecule has 1 saturated heterocycles. The monoisotopic (exact) mass is 473 g/mol. The van der Waals surface area contributed by atoms with E-state index in [0.717, 1.165) is 26.2 Å². The fourth-order valence-electron chi connectivity index (χ4n) is 3.88. The summed E-state index contributed by atoms with van der Waals surface area (Å²) in [5, 5.41) is 2.29. The molecule has 2 aromatic rings. The minimum atomic E-state index is -4.89. The minimum absolute atomic E-state index is 0.163. The molecule has 1 fully saturated rings. The van der Waals surface area contributed by atoms with Crippen LogP contribution in [0.25, 0.3) is 0 Å². The second-order valence-electron chi connectivity index (χ2n) is 7.70. The Morgan fingerprint density at radius 3 is 2.45 bits per heavy atom. The van der Waals surface area contributed by atoms with Crippen LogP contribution in [0.15, 0.2) is 30.3 Å². The number of aromatic nitrogens is 1. The van der Waals surface area contributed by atoms with Crippen molar-refractivity contribution in [3.63, 3.8) is 0 Å². The van der Waals surface area contributed by atoms with Gasteiger partial charge in [0, 0.05) is 17.4 Å².